The summed E-state index contributed by atoms with van der Waals surface area (Å²) < 4.78 is 0. The number of carbonyl (C=O) groups is 2. The fourth-order valence-electron chi connectivity index (χ4n) is 1.19. The number of carbonyl (C=O) groups excluding carboxylic acids is 1. The van der Waals surface area contributed by atoms with Crippen LogP contribution < -0.4 is 5.32 Å². The van der Waals surface area contributed by atoms with Crippen LogP contribution in [-0.4, -0.2) is 34.7 Å². The molecule has 3 N–H and O–H groups in total. The molecule has 0 aliphatic carbocycles. The summed E-state index contributed by atoms with van der Waals surface area (Å²) in [6.45, 7) is -0.311. The smallest absolute Gasteiger partial charge is 0.334 e. The van der Waals surface area contributed by atoms with Gasteiger partial charge in [0, 0.05) is 5.02 Å². The van der Waals surface area contributed by atoms with E-state index >= 15 is 0 Å². The fraction of sp³-hybridized carbons (Fsp3) is 0.273. The lowest BCUT2D eigenvalue weighted by Gasteiger charge is -2.07. The van der Waals surface area contributed by atoms with Gasteiger partial charge in [-0.2, -0.15) is 0 Å². The van der Waals surface area contributed by atoms with Crippen molar-refractivity contribution in [1.29, 1.82) is 0 Å². The van der Waals surface area contributed by atoms with E-state index in [2.05, 4.69) is 5.32 Å². The van der Waals surface area contributed by atoms with Crippen LogP contribution in [0.1, 0.15) is 5.56 Å². The van der Waals surface area contributed by atoms with Crippen molar-refractivity contribution in [3.8, 4) is 0 Å². The first-order chi connectivity index (χ1) is 7.99. The summed E-state index contributed by atoms with van der Waals surface area (Å²) in [5.74, 6) is -1.74. The molecule has 0 unspecified atom stereocenters. The minimum Gasteiger partial charge on any atom is -0.479 e. The number of carboxylic acids is 1. The first kappa shape index (κ1) is 13.5. The quantitative estimate of drug-likeness (QED) is 0.715. The molecule has 1 aromatic rings. The molecule has 17 heavy (non-hydrogen) atoms. The zero-order chi connectivity index (χ0) is 12.8. The number of halogens is 1. The Kier molecular flexibility index (Phi) is 4.93. The van der Waals surface area contributed by atoms with Gasteiger partial charge in [-0.25, -0.2) is 4.79 Å². The number of aliphatic hydroxyl groups excluding tert-OH is 1. The molecule has 1 amide bonds. The highest BCUT2D eigenvalue weighted by molar-refractivity contribution is 6.30. The number of hydrogen-bond donors (Lipinski definition) is 3. The first-order valence-corrected chi connectivity index (χ1v) is 5.29. The van der Waals surface area contributed by atoms with Crippen molar-refractivity contribution in [2.45, 2.75) is 12.5 Å². The normalized spacial score (nSPS) is 11.9. The average molecular weight is 258 g/mol. The van der Waals surface area contributed by atoms with Crippen molar-refractivity contribution < 1.29 is 19.8 Å². The molecule has 0 bridgehead atoms. The minimum atomic E-state index is -1.58. The van der Waals surface area contributed by atoms with Crippen molar-refractivity contribution in [2.75, 3.05) is 6.54 Å². The number of aliphatic carboxylic acids is 1. The molecule has 0 aliphatic heterocycles. The zero-order valence-corrected chi connectivity index (χ0v) is 9.65. The molecular formula is C11H12ClNO4. The molecule has 0 aliphatic rings. The first-order valence-electron chi connectivity index (χ1n) is 4.91. The van der Waals surface area contributed by atoms with Crippen LogP contribution in [0.3, 0.4) is 0 Å². The minimum absolute atomic E-state index is 0.0902. The Bertz CT molecular complexity index is 422. The highest BCUT2D eigenvalue weighted by Crippen LogP contribution is 2.10. The van der Waals surface area contributed by atoms with Crippen LogP contribution >= 0.6 is 11.6 Å². The lowest BCUT2D eigenvalue weighted by atomic mass is 10.1. The highest BCUT2D eigenvalue weighted by Gasteiger charge is 2.14. The predicted octanol–water partition coefficient (Wildman–Crippen LogP) is 0.444. The lowest BCUT2D eigenvalue weighted by molar-refractivity contribution is -0.146. The summed E-state index contributed by atoms with van der Waals surface area (Å²) in [7, 11) is 0. The van der Waals surface area contributed by atoms with Crippen LogP contribution in [0, 0.1) is 0 Å². The average Bonchev–Trinajstić information content (AvgIpc) is 2.25. The maximum atomic E-state index is 11.4. The van der Waals surface area contributed by atoms with Gasteiger partial charge in [0.25, 0.3) is 0 Å². The molecule has 6 heteroatoms. The molecule has 1 aromatic carbocycles. The summed E-state index contributed by atoms with van der Waals surface area (Å²) in [6, 6.07) is 6.79. The number of benzene rings is 1. The van der Waals surface area contributed by atoms with Gasteiger partial charge in [0.05, 0.1) is 13.0 Å². The van der Waals surface area contributed by atoms with E-state index in [0.717, 1.165) is 5.56 Å². The Labute approximate surface area is 103 Å². The van der Waals surface area contributed by atoms with Crippen LogP contribution in [0.25, 0.3) is 0 Å². The van der Waals surface area contributed by atoms with Crippen LogP contribution in [0.4, 0.5) is 0 Å². The monoisotopic (exact) mass is 257 g/mol. The summed E-state index contributed by atoms with van der Waals surface area (Å²) in [5, 5.41) is 20.2. The second-order valence-corrected chi connectivity index (χ2v) is 3.90. The van der Waals surface area contributed by atoms with Gasteiger partial charge < -0.3 is 15.5 Å². The molecular weight excluding hydrogens is 246 g/mol. The van der Waals surface area contributed by atoms with Gasteiger partial charge in [-0.1, -0.05) is 23.7 Å². The molecule has 92 valence electrons. The van der Waals surface area contributed by atoms with Crippen molar-refractivity contribution in [3.05, 3.63) is 34.9 Å². The molecule has 0 aromatic heterocycles. The van der Waals surface area contributed by atoms with Crippen LogP contribution in [0.15, 0.2) is 24.3 Å². The van der Waals surface area contributed by atoms with Gasteiger partial charge >= 0.3 is 5.97 Å². The topological polar surface area (TPSA) is 86.6 Å². The Morgan fingerprint density at radius 1 is 1.41 bits per heavy atom. The number of hydrogen-bond acceptors (Lipinski definition) is 3. The summed E-state index contributed by atoms with van der Waals surface area (Å²) in [6.07, 6.45) is -1.49. The second kappa shape index (κ2) is 6.22. The van der Waals surface area contributed by atoms with Crippen LogP contribution in [0.2, 0.25) is 5.02 Å². The number of rotatable bonds is 5. The molecule has 1 atom stereocenters. The molecule has 0 spiro atoms. The predicted molar refractivity (Wildman–Crippen MR) is 61.8 cm³/mol. The standard InChI is InChI=1S/C11H12ClNO4/c12-8-3-1-2-7(4-8)5-10(15)13-6-9(14)11(16)17/h1-4,9,14H,5-6H2,(H,13,15)(H,16,17)/t9-/m0/s1. The van der Waals surface area contributed by atoms with Crippen LogP contribution in [0.5, 0.6) is 0 Å². The van der Waals surface area contributed by atoms with E-state index in [4.69, 9.17) is 21.8 Å². The molecule has 0 saturated carbocycles. The summed E-state index contributed by atoms with van der Waals surface area (Å²) in [4.78, 5) is 21.7. The van der Waals surface area contributed by atoms with Gasteiger partial charge in [0.2, 0.25) is 5.91 Å². The van der Waals surface area contributed by atoms with E-state index in [-0.39, 0.29) is 18.9 Å². The van der Waals surface area contributed by atoms with Crippen LogP contribution in [-0.2, 0) is 16.0 Å². The van der Waals surface area contributed by atoms with E-state index in [1.54, 1.807) is 24.3 Å². The molecule has 5 nitrogen and oxygen atoms in total. The molecule has 0 radical (unpaired) electrons. The van der Waals surface area contributed by atoms with E-state index in [9.17, 15) is 9.59 Å². The third-order valence-electron chi connectivity index (χ3n) is 2.03. The molecule has 0 saturated heterocycles. The largest absolute Gasteiger partial charge is 0.479 e. The third kappa shape index (κ3) is 4.84. The highest BCUT2D eigenvalue weighted by atomic mass is 35.5. The molecule has 0 heterocycles. The van der Waals surface area contributed by atoms with Crippen molar-refractivity contribution in [3.63, 3.8) is 0 Å². The Morgan fingerprint density at radius 2 is 2.12 bits per heavy atom. The third-order valence-corrected chi connectivity index (χ3v) is 2.27. The van der Waals surface area contributed by atoms with Gasteiger partial charge in [0.15, 0.2) is 6.10 Å². The molecule has 0 fully saturated rings. The van der Waals surface area contributed by atoms with Crippen molar-refractivity contribution in [2.24, 2.45) is 0 Å². The van der Waals surface area contributed by atoms with E-state index in [1.807, 2.05) is 0 Å². The van der Waals surface area contributed by atoms with E-state index < -0.39 is 12.1 Å². The Balaban J connectivity index is 2.42. The number of amides is 1. The zero-order valence-electron chi connectivity index (χ0n) is 8.89. The SMILES string of the molecule is O=C(Cc1cccc(Cl)c1)NC[C@H](O)C(=O)O. The van der Waals surface area contributed by atoms with Crippen molar-refractivity contribution in [1.82, 2.24) is 5.32 Å². The van der Waals surface area contributed by atoms with Gasteiger partial charge in [0.1, 0.15) is 0 Å². The number of carboxylic acid groups (broad SMARTS) is 1. The van der Waals surface area contributed by atoms with Gasteiger partial charge in [-0.05, 0) is 17.7 Å². The Hall–Kier alpha value is -1.59. The maximum absolute atomic E-state index is 11.4. The molecule has 1 rings (SSSR count). The van der Waals surface area contributed by atoms with E-state index in [1.165, 1.54) is 0 Å². The lowest BCUT2D eigenvalue weighted by Crippen LogP contribution is -2.37. The maximum Gasteiger partial charge on any atom is 0.334 e. The summed E-state index contributed by atoms with van der Waals surface area (Å²) in [5.41, 5.74) is 0.722. The summed E-state index contributed by atoms with van der Waals surface area (Å²) >= 11 is 5.75. The Morgan fingerprint density at radius 3 is 2.71 bits per heavy atom. The van der Waals surface area contributed by atoms with Gasteiger partial charge in [-0.15, -0.1) is 0 Å². The number of aliphatic hydroxyl groups is 1. The second-order valence-electron chi connectivity index (χ2n) is 3.46. The number of nitrogens with one attached hydrogen (secondary N) is 1. The van der Waals surface area contributed by atoms with Crippen molar-refractivity contribution >= 4 is 23.5 Å². The van der Waals surface area contributed by atoms with E-state index in [0.29, 0.717) is 5.02 Å². The fourth-order valence-corrected chi connectivity index (χ4v) is 1.41. The van der Waals surface area contributed by atoms with Gasteiger partial charge in [-0.3, -0.25) is 4.79 Å².